The Balaban J connectivity index is 2.39. The molecule has 2 aromatic carbocycles. The van der Waals surface area contributed by atoms with Crippen LogP contribution in [0.25, 0.3) is 0 Å². The molecule has 2 rings (SSSR count). The van der Waals surface area contributed by atoms with Crippen molar-refractivity contribution in [2.45, 2.75) is 72.0 Å². The quantitative estimate of drug-likeness (QED) is 0.509. The Morgan fingerprint density at radius 3 is 2.03 bits per heavy atom. The standard InChI is InChI=1S/C27H38FN3O4S/c1-8-19(2)29-26(33)20(3)30(17-21-9-13-23(28)14-10-21)25(32)18-31(36(7,34)35)24-15-11-22(12-16-24)27(4,5)6/h9-16,19-20H,8,17-18H2,1-7H3,(H,29,33)/t19-,20+/m0/s1. The lowest BCUT2D eigenvalue weighted by molar-refractivity contribution is -0.139. The lowest BCUT2D eigenvalue weighted by Crippen LogP contribution is -2.52. The number of carbonyl (C=O) groups excluding carboxylic acids is 2. The van der Waals surface area contributed by atoms with Crippen LogP contribution in [0.4, 0.5) is 10.1 Å². The highest BCUT2D eigenvalue weighted by atomic mass is 32.2. The molecule has 0 heterocycles. The van der Waals surface area contributed by atoms with E-state index in [1.54, 1.807) is 19.1 Å². The first kappa shape index (κ1) is 29.3. The van der Waals surface area contributed by atoms with Gasteiger partial charge in [0.2, 0.25) is 21.8 Å². The van der Waals surface area contributed by atoms with E-state index in [2.05, 4.69) is 26.1 Å². The summed E-state index contributed by atoms with van der Waals surface area (Å²) in [6.45, 7) is 11.1. The molecule has 0 aliphatic heterocycles. The van der Waals surface area contributed by atoms with Crippen molar-refractivity contribution in [2.75, 3.05) is 17.1 Å². The van der Waals surface area contributed by atoms with Crippen molar-refractivity contribution in [3.8, 4) is 0 Å². The molecule has 198 valence electrons. The average Bonchev–Trinajstić information content (AvgIpc) is 2.80. The normalized spacial score (nSPS) is 13.6. The number of anilines is 1. The third-order valence-corrected chi connectivity index (χ3v) is 7.28. The number of halogens is 1. The van der Waals surface area contributed by atoms with Gasteiger partial charge in [0.15, 0.2) is 0 Å². The SMILES string of the molecule is CC[C@H](C)NC(=O)[C@@H](C)N(Cc1ccc(F)cc1)C(=O)CN(c1ccc(C(C)(C)C)cc1)S(C)(=O)=O. The van der Waals surface area contributed by atoms with Crippen LogP contribution in [-0.2, 0) is 31.6 Å². The van der Waals surface area contributed by atoms with Crippen LogP contribution in [0.5, 0.6) is 0 Å². The summed E-state index contributed by atoms with van der Waals surface area (Å²) >= 11 is 0. The number of carbonyl (C=O) groups is 2. The molecule has 0 saturated heterocycles. The third-order valence-electron chi connectivity index (χ3n) is 6.14. The van der Waals surface area contributed by atoms with E-state index in [-0.39, 0.29) is 23.9 Å². The molecule has 1 N–H and O–H groups in total. The molecule has 2 atom stereocenters. The van der Waals surface area contributed by atoms with E-state index in [0.717, 1.165) is 22.5 Å². The summed E-state index contributed by atoms with van der Waals surface area (Å²) in [6.07, 6.45) is 1.76. The maximum absolute atomic E-state index is 13.5. The molecule has 36 heavy (non-hydrogen) atoms. The second-order valence-corrected chi connectivity index (χ2v) is 12.1. The number of hydrogen-bond donors (Lipinski definition) is 1. The number of rotatable bonds is 10. The van der Waals surface area contributed by atoms with Crippen LogP contribution in [0.2, 0.25) is 0 Å². The van der Waals surface area contributed by atoms with Crippen molar-refractivity contribution in [1.82, 2.24) is 10.2 Å². The molecule has 0 radical (unpaired) electrons. The number of amides is 2. The van der Waals surface area contributed by atoms with Crippen molar-refractivity contribution in [2.24, 2.45) is 0 Å². The van der Waals surface area contributed by atoms with E-state index >= 15 is 0 Å². The predicted molar refractivity (Wildman–Crippen MR) is 142 cm³/mol. The average molecular weight is 520 g/mol. The molecule has 9 heteroatoms. The number of nitrogens with one attached hydrogen (secondary N) is 1. The molecule has 0 aliphatic carbocycles. The minimum absolute atomic E-state index is 0.0226. The monoisotopic (exact) mass is 519 g/mol. The van der Waals surface area contributed by atoms with E-state index < -0.39 is 34.3 Å². The zero-order valence-corrected chi connectivity index (χ0v) is 23.0. The van der Waals surface area contributed by atoms with Gasteiger partial charge in [-0.15, -0.1) is 0 Å². The minimum Gasteiger partial charge on any atom is -0.352 e. The molecule has 0 aliphatic rings. The highest BCUT2D eigenvalue weighted by molar-refractivity contribution is 7.92. The van der Waals surface area contributed by atoms with Gasteiger partial charge >= 0.3 is 0 Å². The first-order valence-electron chi connectivity index (χ1n) is 12.1. The van der Waals surface area contributed by atoms with E-state index in [0.29, 0.717) is 11.3 Å². The van der Waals surface area contributed by atoms with Gasteiger partial charge < -0.3 is 10.2 Å². The van der Waals surface area contributed by atoms with Crippen molar-refractivity contribution < 1.29 is 22.4 Å². The van der Waals surface area contributed by atoms with Gasteiger partial charge in [-0.05, 0) is 61.1 Å². The summed E-state index contributed by atoms with van der Waals surface area (Å²) in [7, 11) is -3.81. The van der Waals surface area contributed by atoms with Crippen LogP contribution in [0.15, 0.2) is 48.5 Å². The predicted octanol–water partition coefficient (Wildman–Crippen LogP) is 4.22. The summed E-state index contributed by atoms with van der Waals surface area (Å²) in [5.41, 5.74) is 1.89. The van der Waals surface area contributed by atoms with Gasteiger partial charge in [-0.1, -0.05) is 52.0 Å². The van der Waals surface area contributed by atoms with Gasteiger partial charge in [-0.3, -0.25) is 13.9 Å². The van der Waals surface area contributed by atoms with Crippen molar-refractivity contribution >= 4 is 27.5 Å². The second-order valence-electron chi connectivity index (χ2n) is 10.2. The summed E-state index contributed by atoms with van der Waals surface area (Å²) < 4.78 is 39.8. The number of benzene rings is 2. The third kappa shape index (κ3) is 8.05. The molecule has 7 nitrogen and oxygen atoms in total. The van der Waals surface area contributed by atoms with Gasteiger partial charge in [-0.2, -0.15) is 0 Å². The van der Waals surface area contributed by atoms with Gasteiger partial charge in [0, 0.05) is 12.6 Å². The van der Waals surface area contributed by atoms with Crippen molar-refractivity contribution in [3.05, 3.63) is 65.5 Å². The molecule has 0 bridgehead atoms. The highest BCUT2D eigenvalue weighted by Gasteiger charge is 2.30. The molecule has 0 fully saturated rings. The van der Waals surface area contributed by atoms with Crippen LogP contribution in [-0.4, -0.2) is 50.0 Å². The molecule has 0 spiro atoms. The molecule has 2 amide bonds. The maximum Gasteiger partial charge on any atom is 0.244 e. The summed E-state index contributed by atoms with van der Waals surface area (Å²) in [5.74, 6) is -1.31. The van der Waals surface area contributed by atoms with Crippen LogP contribution in [0.1, 0.15) is 59.1 Å². The largest absolute Gasteiger partial charge is 0.352 e. The fourth-order valence-electron chi connectivity index (χ4n) is 3.58. The first-order valence-corrected chi connectivity index (χ1v) is 13.9. The van der Waals surface area contributed by atoms with E-state index in [1.165, 1.54) is 29.2 Å². The molecule has 0 saturated carbocycles. The zero-order chi connectivity index (χ0) is 27.3. The fraction of sp³-hybridized carbons (Fsp3) is 0.481. The van der Waals surface area contributed by atoms with Crippen LogP contribution in [0, 0.1) is 5.82 Å². The second kappa shape index (κ2) is 11.9. The van der Waals surface area contributed by atoms with Gasteiger partial charge in [0.1, 0.15) is 18.4 Å². The van der Waals surface area contributed by atoms with Crippen LogP contribution < -0.4 is 9.62 Å². The van der Waals surface area contributed by atoms with Crippen molar-refractivity contribution in [3.63, 3.8) is 0 Å². The van der Waals surface area contributed by atoms with Gasteiger partial charge in [-0.25, -0.2) is 12.8 Å². The minimum atomic E-state index is -3.81. The maximum atomic E-state index is 13.5. The van der Waals surface area contributed by atoms with Crippen LogP contribution >= 0.6 is 0 Å². The lowest BCUT2D eigenvalue weighted by Gasteiger charge is -2.32. The molecular weight excluding hydrogens is 481 g/mol. The Morgan fingerprint density at radius 2 is 1.56 bits per heavy atom. The Labute approximate surface area is 214 Å². The van der Waals surface area contributed by atoms with Crippen molar-refractivity contribution in [1.29, 1.82) is 0 Å². The van der Waals surface area contributed by atoms with Crippen LogP contribution in [0.3, 0.4) is 0 Å². The van der Waals surface area contributed by atoms with E-state index in [1.807, 2.05) is 26.0 Å². The summed E-state index contributed by atoms with van der Waals surface area (Å²) in [4.78, 5) is 27.8. The fourth-order valence-corrected chi connectivity index (χ4v) is 4.43. The zero-order valence-electron chi connectivity index (χ0n) is 22.2. The first-order chi connectivity index (χ1) is 16.6. The summed E-state index contributed by atoms with van der Waals surface area (Å²) in [5, 5.41) is 2.87. The molecule has 0 unspecified atom stereocenters. The van der Waals surface area contributed by atoms with E-state index in [4.69, 9.17) is 0 Å². The van der Waals surface area contributed by atoms with E-state index in [9.17, 15) is 22.4 Å². The molecular formula is C27H38FN3O4S. The number of hydrogen-bond acceptors (Lipinski definition) is 4. The topological polar surface area (TPSA) is 86.8 Å². The van der Waals surface area contributed by atoms with Gasteiger partial charge in [0.05, 0.1) is 11.9 Å². The molecule has 0 aromatic heterocycles. The summed E-state index contributed by atoms with van der Waals surface area (Å²) in [6, 6.07) is 11.7. The van der Waals surface area contributed by atoms with Gasteiger partial charge in [0.25, 0.3) is 0 Å². The Kier molecular flexibility index (Phi) is 9.65. The number of nitrogens with zero attached hydrogens (tertiary/aromatic N) is 2. The Bertz CT molecular complexity index is 1140. The smallest absolute Gasteiger partial charge is 0.244 e. The highest BCUT2D eigenvalue weighted by Crippen LogP contribution is 2.26. The molecule has 2 aromatic rings. The Morgan fingerprint density at radius 1 is 1.00 bits per heavy atom. The Hall–Kier alpha value is -2.94. The number of sulfonamides is 1. The lowest BCUT2D eigenvalue weighted by atomic mass is 9.87.